The normalized spacial score (nSPS) is 9.85. The molecule has 0 saturated carbocycles. The first-order chi connectivity index (χ1) is 9.58. The van der Waals surface area contributed by atoms with Crippen LogP contribution in [0.5, 0.6) is 23.0 Å². The van der Waals surface area contributed by atoms with E-state index in [9.17, 15) is 9.90 Å². The molecule has 0 aromatic heterocycles. The maximum atomic E-state index is 10.5. The van der Waals surface area contributed by atoms with Crippen molar-refractivity contribution in [1.29, 1.82) is 0 Å². The molecule has 1 amide bonds. The SMILES string of the molecule is COc1cc(O)ccc1Oc1ccc(NC(=O)O)cc1. The van der Waals surface area contributed by atoms with Crippen molar-refractivity contribution in [3.8, 4) is 23.0 Å². The number of methoxy groups -OCH3 is 1. The van der Waals surface area contributed by atoms with E-state index in [1.165, 1.54) is 19.2 Å². The van der Waals surface area contributed by atoms with Crippen molar-refractivity contribution >= 4 is 11.8 Å². The summed E-state index contributed by atoms with van der Waals surface area (Å²) in [5.74, 6) is 1.45. The molecule has 0 atom stereocenters. The number of hydrogen-bond acceptors (Lipinski definition) is 4. The largest absolute Gasteiger partial charge is 0.508 e. The van der Waals surface area contributed by atoms with Crippen molar-refractivity contribution < 1.29 is 24.5 Å². The molecule has 0 saturated heterocycles. The summed E-state index contributed by atoms with van der Waals surface area (Å²) in [5.41, 5.74) is 0.447. The molecule has 0 fully saturated rings. The molecule has 0 heterocycles. The van der Waals surface area contributed by atoms with Crippen LogP contribution in [0, 0.1) is 0 Å². The van der Waals surface area contributed by atoms with Gasteiger partial charge >= 0.3 is 6.09 Å². The van der Waals surface area contributed by atoms with Crippen LogP contribution in [0.1, 0.15) is 0 Å². The van der Waals surface area contributed by atoms with Gasteiger partial charge in [0.15, 0.2) is 11.5 Å². The maximum Gasteiger partial charge on any atom is 0.409 e. The van der Waals surface area contributed by atoms with Gasteiger partial charge in [-0.1, -0.05) is 0 Å². The van der Waals surface area contributed by atoms with Crippen molar-refractivity contribution in [3.63, 3.8) is 0 Å². The number of ether oxygens (including phenoxy) is 2. The molecule has 0 aliphatic carbocycles. The summed E-state index contributed by atoms with van der Waals surface area (Å²) in [6.07, 6.45) is -1.13. The van der Waals surface area contributed by atoms with Gasteiger partial charge in [-0.05, 0) is 36.4 Å². The highest BCUT2D eigenvalue weighted by atomic mass is 16.5. The number of benzene rings is 2. The van der Waals surface area contributed by atoms with E-state index in [2.05, 4.69) is 5.32 Å². The monoisotopic (exact) mass is 275 g/mol. The molecule has 0 bridgehead atoms. The molecule has 6 nitrogen and oxygen atoms in total. The van der Waals surface area contributed by atoms with Crippen LogP contribution in [0.25, 0.3) is 0 Å². The number of amides is 1. The molecule has 0 aliphatic rings. The first-order valence-electron chi connectivity index (χ1n) is 5.73. The average molecular weight is 275 g/mol. The molecule has 2 aromatic carbocycles. The lowest BCUT2D eigenvalue weighted by molar-refractivity contribution is 0.209. The molecule has 0 aliphatic heterocycles. The van der Waals surface area contributed by atoms with Crippen LogP contribution in [0.15, 0.2) is 42.5 Å². The minimum Gasteiger partial charge on any atom is -0.508 e. The Bertz CT molecular complexity index is 609. The average Bonchev–Trinajstić information content (AvgIpc) is 2.42. The van der Waals surface area contributed by atoms with E-state index in [0.717, 1.165) is 0 Å². The van der Waals surface area contributed by atoms with Gasteiger partial charge in [0.2, 0.25) is 0 Å². The molecule has 6 heteroatoms. The fourth-order valence-corrected chi connectivity index (χ4v) is 1.60. The smallest absolute Gasteiger partial charge is 0.409 e. The second kappa shape index (κ2) is 5.83. The lowest BCUT2D eigenvalue weighted by atomic mass is 10.3. The second-order valence-corrected chi connectivity index (χ2v) is 3.89. The van der Waals surface area contributed by atoms with E-state index < -0.39 is 6.09 Å². The quantitative estimate of drug-likeness (QED) is 0.796. The fourth-order valence-electron chi connectivity index (χ4n) is 1.60. The van der Waals surface area contributed by atoms with Crippen LogP contribution >= 0.6 is 0 Å². The summed E-state index contributed by atoms with van der Waals surface area (Å²) in [7, 11) is 1.47. The predicted octanol–water partition coefficient (Wildman–Crippen LogP) is 3.28. The van der Waals surface area contributed by atoms with E-state index >= 15 is 0 Å². The third kappa shape index (κ3) is 3.32. The van der Waals surface area contributed by atoms with Crippen LogP contribution in [-0.4, -0.2) is 23.4 Å². The summed E-state index contributed by atoms with van der Waals surface area (Å²) in [5, 5.41) is 20.2. The van der Waals surface area contributed by atoms with Gasteiger partial charge in [0.25, 0.3) is 0 Å². The Morgan fingerprint density at radius 3 is 2.40 bits per heavy atom. The number of rotatable bonds is 4. The van der Waals surface area contributed by atoms with Gasteiger partial charge in [-0.3, -0.25) is 5.32 Å². The molecular weight excluding hydrogens is 262 g/mol. The van der Waals surface area contributed by atoms with Crippen molar-refractivity contribution in [1.82, 2.24) is 0 Å². The van der Waals surface area contributed by atoms with Crippen LogP contribution in [-0.2, 0) is 0 Å². The number of carbonyl (C=O) groups is 1. The van der Waals surface area contributed by atoms with Crippen LogP contribution in [0.4, 0.5) is 10.5 Å². The third-order valence-electron chi connectivity index (χ3n) is 2.48. The molecule has 0 unspecified atom stereocenters. The summed E-state index contributed by atoms with van der Waals surface area (Å²) in [6.45, 7) is 0. The van der Waals surface area contributed by atoms with Crippen molar-refractivity contribution in [2.24, 2.45) is 0 Å². The van der Waals surface area contributed by atoms with Crippen molar-refractivity contribution in [2.45, 2.75) is 0 Å². The van der Waals surface area contributed by atoms with Crippen LogP contribution in [0.2, 0.25) is 0 Å². The Balaban J connectivity index is 2.16. The lowest BCUT2D eigenvalue weighted by Gasteiger charge is -2.11. The molecule has 2 aromatic rings. The van der Waals surface area contributed by atoms with E-state index in [1.54, 1.807) is 30.3 Å². The van der Waals surface area contributed by atoms with E-state index in [1.807, 2.05) is 0 Å². The summed E-state index contributed by atoms with van der Waals surface area (Å²) in [6, 6.07) is 10.9. The number of aromatic hydroxyl groups is 1. The number of hydrogen-bond donors (Lipinski definition) is 3. The molecular formula is C14H13NO5. The Morgan fingerprint density at radius 2 is 1.80 bits per heavy atom. The maximum absolute atomic E-state index is 10.5. The minimum absolute atomic E-state index is 0.0789. The molecule has 2 rings (SSSR count). The Morgan fingerprint density at radius 1 is 1.10 bits per heavy atom. The van der Waals surface area contributed by atoms with Gasteiger partial charge < -0.3 is 19.7 Å². The number of anilines is 1. The van der Waals surface area contributed by atoms with Crippen LogP contribution < -0.4 is 14.8 Å². The molecule has 20 heavy (non-hydrogen) atoms. The van der Waals surface area contributed by atoms with E-state index in [0.29, 0.717) is 22.9 Å². The first-order valence-corrected chi connectivity index (χ1v) is 5.73. The van der Waals surface area contributed by atoms with Gasteiger partial charge in [0, 0.05) is 11.8 Å². The fraction of sp³-hybridized carbons (Fsp3) is 0.0714. The first kappa shape index (κ1) is 13.5. The van der Waals surface area contributed by atoms with Crippen molar-refractivity contribution in [3.05, 3.63) is 42.5 Å². The topological polar surface area (TPSA) is 88.0 Å². The van der Waals surface area contributed by atoms with Crippen LogP contribution in [0.3, 0.4) is 0 Å². The summed E-state index contributed by atoms with van der Waals surface area (Å²) >= 11 is 0. The summed E-state index contributed by atoms with van der Waals surface area (Å²) in [4.78, 5) is 10.5. The van der Waals surface area contributed by atoms with Gasteiger partial charge in [-0.15, -0.1) is 0 Å². The number of phenolic OH excluding ortho intramolecular Hbond substituents is 1. The number of nitrogens with one attached hydrogen (secondary N) is 1. The number of carboxylic acid groups (broad SMARTS) is 1. The Hall–Kier alpha value is -2.89. The highest BCUT2D eigenvalue weighted by molar-refractivity contribution is 5.82. The highest BCUT2D eigenvalue weighted by Gasteiger charge is 2.07. The third-order valence-corrected chi connectivity index (χ3v) is 2.48. The van der Waals surface area contributed by atoms with Gasteiger partial charge in [0.05, 0.1) is 7.11 Å². The van der Waals surface area contributed by atoms with E-state index in [4.69, 9.17) is 14.6 Å². The van der Waals surface area contributed by atoms with Gasteiger partial charge in [-0.2, -0.15) is 0 Å². The molecule has 0 radical (unpaired) electrons. The zero-order valence-corrected chi connectivity index (χ0v) is 10.7. The molecule has 3 N–H and O–H groups in total. The zero-order valence-electron chi connectivity index (χ0n) is 10.7. The van der Waals surface area contributed by atoms with Gasteiger partial charge in [-0.25, -0.2) is 4.79 Å². The Kier molecular flexibility index (Phi) is 3.95. The minimum atomic E-state index is -1.13. The zero-order chi connectivity index (χ0) is 14.5. The highest BCUT2D eigenvalue weighted by Crippen LogP contribution is 2.34. The molecule has 104 valence electrons. The standard InChI is InChI=1S/C14H13NO5/c1-19-13-8-10(16)4-7-12(13)20-11-5-2-9(3-6-11)15-14(17)18/h2-8,15-16H,1H3,(H,17,18). The Labute approximate surface area is 115 Å². The lowest BCUT2D eigenvalue weighted by Crippen LogP contribution is -2.06. The van der Waals surface area contributed by atoms with Crippen molar-refractivity contribution in [2.75, 3.05) is 12.4 Å². The van der Waals surface area contributed by atoms with E-state index in [-0.39, 0.29) is 5.75 Å². The summed E-state index contributed by atoms with van der Waals surface area (Å²) < 4.78 is 10.7. The molecule has 0 spiro atoms. The second-order valence-electron chi connectivity index (χ2n) is 3.89. The van der Waals surface area contributed by atoms with Gasteiger partial charge in [0.1, 0.15) is 11.5 Å². The predicted molar refractivity (Wildman–Crippen MR) is 72.8 cm³/mol. The number of phenols is 1.